The molecule has 126 valence electrons. The van der Waals surface area contributed by atoms with E-state index in [1.807, 2.05) is 53.2 Å². The van der Waals surface area contributed by atoms with Gasteiger partial charge in [-0.05, 0) is 47.7 Å². The number of amides is 1. The Kier molecular flexibility index (Phi) is 4.10. The molecule has 4 heteroatoms. The molecule has 0 saturated heterocycles. The molecule has 25 heavy (non-hydrogen) atoms. The van der Waals surface area contributed by atoms with E-state index in [4.69, 9.17) is 0 Å². The van der Waals surface area contributed by atoms with Gasteiger partial charge >= 0.3 is 0 Å². The zero-order chi connectivity index (χ0) is 17.2. The molecule has 1 aliphatic carbocycles. The highest BCUT2D eigenvalue weighted by Gasteiger charge is 2.27. The molecule has 1 heterocycles. The number of carbonyl (C=O) groups excluding carboxylic acids is 1. The molecule has 1 aliphatic rings. The van der Waals surface area contributed by atoms with Gasteiger partial charge in [0.05, 0.1) is 6.54 Å². The first kappa shape index (κ1) is 15.6. The zero-order valence-corrected chi connectivity index (χ0v) is 14.3. The van der Waals surface area contributed by atoms with E-state index in [1.54, 1.807) is 6.20 Å². The Morgan fingerprint density at radius 1 is 1.12 bits per heavy atom. The first-order chi connectivity index (χ1) is 12.2. The molecule has 0 saturated carbocycles. The van der Waals surface area contributed by atoms with Crippen LogP contribution >= 0.6 is 0 Å². The van der Waals surface area contributed by atoms with Crippen LogP contribution in [0.1, 0.15) is 27.0 Å². The summed E-state index contributed by atoms with van der Waals surface area (Å²) in [5.74, 6) is 0.0834. The fourth-order valence-electron chi connectivity index (χ4n) is 3.56. The molecule has 0 atom stereocenters. The molecule has 0 bridgehead atoms. The minimum atomic E-state index is 0.0834. The molecule has 0 fully saturated rings. The molecule has 0 radical (unpaired) electrons. The number of likely N-dealkylation sites (N-methyl/N-ethyl adjacent to an activating group) is 1. The summed E-state index contributed by atoms with van der Waals surface area (Å²) in [7, 11) is 1.92. The van der Waals surface area contributed by atoms with Gasteiger partial charge in [-0.3, -0.25) is 9.48 Å². The van der Waals surface area contributed by atoms with Crippen molar-refractivity contribution in [2.45, 2.75) is 25.4 Å². The Hall–Kier alpha value is -2.88. The van der Waals surface area contributed by atoms with Crippen LogP contribution in [0.25, 0.3) is 0 Å². The third-order valence-corrected chi connectivity index (χ3v) is 4.98. The summed E-state index contributed by atoms with van der Waals surface area (Å²) < 4.78 is 1.86. The number of rotatable bonds is 4. The number of hydrogen-bond acceptors (Lipinski definition) is 2. The van der Waals surface area contributed by atoms with Crippen LogP contribution < -0.4 is 0 Å². The van der Waals surface area contributed by atoms with Crippen LogP contribution in [0, 0.1) is 0 Å². The number of carbonyl (C=O) groups is 1. The topological polar surface area (TPSA) is 38.1 Å². The molecular formula is C21H21N3O. The maximum absolute atomic E-state index is 12.9. The minimum absolute atomic E-state index is 0.0834. The fraction of sp³-hybridized carbons (Fsp3) is 0.238. The van der Waals surface area contributed by atoms with Gasteiger partial charge in [0.1, 0.15) is 0 Å². The first-order valence-electron chi connectivity index (χ1n) is 8.61. The standard InChI is InChI=1S/C21H21N3O/c1-23(20-13-17-7-2-3-8-18(17)14-20)21(25)19-9-4-6-16(12-19)15-24-11-5-10-22-24/h2-12,20H,13-15H2,1H3. The number of aromatic nitrogens is 2. The van der Waals surface area contributed by atoms with E-state index in [0.29, 0.717) is 6.54 Å². The highest BCUT2D eigenvalue weighted by molar-refractivity contribution is 5.94. The van der Waals surface area contributed by atoms with Crippen molar-refractivity contribution in [2.75, 3.05) is 7.05 Å². The second-order valence-electron chi connectivity index (χ2n) is 6.65. The highest BCUT2D eigenvalue weighted by Crippen LogP contribution is 2.25. The van der Waals surface area contributed by atoms with E-state index < -0.39 is 0 Å². The molecule has 2 aromatic carbocycles. The summed E-state index contributed by atoms with van der Waals surface area (Å²) in [5.41, 5.74) is 4.54. The van der Waals surface area contributed by atoms with Gasteiger partial charge in [-0.25, -0.2) is 0 Å². The van der Waals surface area contributed by atoms with Crippen molar-refractivity contribution in [3.8, 4) is 0 Å². The molecule has 1 aromatic heterocycles. The van der Waals surface area contributed by atoms with Crippen molar-refractivity contribution in [1.82, 2.24) is 14.7 Å². The lowest BCUT2D eigenvalue weighted by Crippen LogP contribution is -2.37. The van der Waals surface area contributed by atoms with E-state index in [9.17, 15) is 4.79 Å². The second kappa shape index (κ2) is 6.55. The van der Waals surface area contributed by atoms with Crippen LogP contribution in [-0.2, 0) is 19.4 Å². The van der Waals surface area contributed by atoms with Crippen LogP contribution in [0.3, 0.4) is 0 Å². The van der Waals surface area contributed by atoms with Crippen LogP contribution in [0.15, 0.2) is 67.0 Å². The van der Waals surface area contributed by atoms with Gasteiger partial charge in [-0.2, -0.15) is 5.10 Å². The summed E-state index contributed by atoms with van der Waals surface area (Å²) >= 11 is 0. The Morgan fingerprint density at radius 2 is 1.88 bits per heavy atom. The van der Waals surface area contributed by atoms with Crippen LogP contribution in [0.2, 0.25) is 0 Å². The van der Waals surface area contributed by atoms with E-state index in [2.05, 4.69) is 29.4 Å². The van der Waals surface area contributed by atoms with Crippen molar-refractivity contribution in [1.29, 1.82) is 0 Å². The predicted octanol–water partition coefficient (Wildman–Crippen LogP) is 3.17. The first-order valence-corrected chi connectivity index (χ1v) is 8.61. The van der Waals surface area contributed by atoms with E-state index in [0.717, 1.165) is 24.0 Å². The van der Waals surface area contributed by atoms with Crippen LogP contribution in [0.5, 0.6) is 0 Å². The number of hydrogen-bond donors (Lipinski definition) is 0. The van der Waals surface area contributed by atoms with E-state index in [-0.39, 0.29) is 11.9 Å². The normalized spacial score (nSPS) is 13.6. The van der Waals surface area contributed by atoms with Gasteiger partial charge in [-0.15, -0.1) is 0 Å². The van der Waals surface area contributed by atoms with Crippen molar-refractivity contribution >= 4 is 5.91 Å². The molecule has 4 rings (SSSR count). The summed E-state index contributed by atoms with van der Waals surface area (Å²) in [6.07, 6.45) is 5.56. The van der Waals surface area contributed by atoms with Crippen molar-refractivity contribution in [3.63, 3.8) is 0 Å². The lowest BCUT2D eigenvalue weighted by atomic mass is 10.1. The summed E-state index contributed by atoms with van der Waals surface area (Å²) in [4.78, 5) is 14.8. The monoisotopic (exact) mass is 331 g/mol. The molecule has 4 nitrogen and oxygen atoms in total. The van der Waals surface area contributed by atoms with E-state index >= 15 is 0 Å². The van der Waals surface area contributed by atoms with Crippen molar-refractivity contribution in [2.24, 2.45) is 0 Å². The number of nitrogens with zero attached hydrogens (tertiary/aromatic N) is 3. The summed E-state index contributed by atoms with van der Waals surface area (Å²) in [6.45, 7) is 0.673. The van der Waals surface area contributed by atoms with Gasteiger partial charge in [0.2, 0.25) is 0 Å². The highest BCUT2D eigenvalue weighted by atomic mass is 16.2. The summed E-state index contributed by atoms with van der Waals surface area (Å²) in [6, 6.07) is 18.5. The number of benzene rings is 2. The largest absolute Gasteiger partial charge is 0.338 e. The molecule has 0 unspecified atom stereocenters. The Balaban J connectivity index is 1.49. The van der Waals surface area contributed by atoms with Gasteiger partial charge in [0, 0.05) is 31.0 Å². The van der Waals surface area contributed by atoms with Crippen LogP contribution in [0.4, 0.5) is 0 Å². The Morgan fingerprint density at radius 3 is 2.56 bits per heavy atom. The second-order valence-corrected chi connectivity index (χ2v) is 6.65. The summed E-state index contributed by atoms with van der Waals surface area (Å²) in [5, 5.41) is 4.23. The predicted molar refractivity (Wildman–Crippen MR) is 97.5 cm³/mol. The smallest absolute Gasteiger partial charge is 0.253 e. The maximum Gasteiger partial charge on any atom is 0.253 e. The molecular weight excluding hydrogens is 310 g/mol. The quantitative estimate of drug-likeness (QED) is 0.736. The third kappa shape index (κ3) is 3.20. The molecule has 0 N–H and O–H groups in total. The average molecular weight is 331 g/mol. The SMILES string of the molecule is CN(C(=O)c1cccc(Cn2cccn2)c1)C1Cc2ccccc2C1. The minimum Gasteiger partial charge on any atom is -0.338 e. The van der Waals surface area contributed by atoms with E-state index in [1.165, 1.54) is 11.1 Å². The van der Waals surface area contributed by atoms with Crippen molar-refractivity contribution < 1.29 is 4.79 Å². The van der Waals surface area contributed by atoms with Crippen LogP contribution in [-0.4, -0.2) is 33.7 Å². The molecule has 0 spiro atoms. The zero-order valence-electron chi connectivity index (χ0n) is 14.3. The van der Waals surface area contributed by atoms with Gasteiger partial charge in [0.15, 0.2) is 0 Å². The maximum atomic E-state index is 12.9. The van der Waals surface area contributed by atoms with Gasteiger partial charge < -0.3 is 4.90 Å². The average Bonchev–Trinajstić information content (AvgIpc) is 3.30. The Labute approximate surface area is 147 Å². The van der Waals surface area contributed by atoms with Crippen molar-refractivity contribution in [3.05, 3.63) is 89.2 Å². The number of fused-ring (bicyclic) bond motifs is 1. The fourth-order valence-corrected chi connectivity index (χ4v) is 3.56. The molecule has 0 aliphatic heterocycles. The van der Waals surface area contributed by atoms with Gasteiger partial charge in [0.25, 0.3) is 5.91 Å². The molecule has 1 amide bonds. The lowest BCUT2D eigenvalue weighted by molar-refractivity contribution is 0.0737. The Bertz CT molecular complexity index is 861. The molecule has 3 aromatic rings. The van der Waals surface area contributed by atoms with Gasteiger partial charge in [-0.1, -0.05) is 36.4 Å². The third-order valence-electron chi connectivity index (χ3n) is 4.98. The lowest BCUT2D eigenvalue weighted by Gasteiger charge is -2.24.